The molecule has 0 spiro atoms. The molecule has 0 amide bonds. The van der Waals surface area contributed by atoms with Gasteiger partial charge in [-0.15, -0.1) is 0 Å². The van der Waals surface area contributed by atoms with Crippen LogP contribution in [0.1, 0.15) is 66.5 Å². The second-order valence-corrected chi connectivity index (χ2v) is 10.7. The molecule has 0 radical (unpaired) electrons. The lowest BCUT2D eigenvalue weighted by Gasteiger charge is -2.32. The van der Waals surface area contributed by atoms with E-state index in [1.54, 1.807) is 0 Å². The van der Waals surface area contributed by atoms with E-state index in [2.05, 4.69) is 8.75 Å². The van der Waals surface area contributed by atoms with Gasteiger partial charge in [0.25, 0.3) is 0 Å². The van der Waals surface area contributed by atoms with E-state index >= 15 is 0 Å². The van der Waals surface area contributed by atoms with Gasteiger partial charge in [-0.05, 0) is 55.4 Å². The zero-order chi connectivity index (χ0) is 22.7. The summed E-state index contributed by atoms with van der Waals surface area (Å²) in [5.41, 5.74) is 2.23. The summed E-state index contributed by atoms with van der Waals surface area (Å²) >= 11 is 1.20. The molecule has 1 aromatic carbocycles. The van der Waals surface area contributed by atoms with Gasteiger partial charge in [-0.1, -0.05) is 36.2 Å². The van der Waals surface area contributed by atoms with Gasteiger partial charge < -0.3 is 18.6 Å². The highest BCUT2D eigenvalue weighted by Gasteiger charge is 2.50. The van der Waals surface area contributed by atoms with Crippen molar-refractivity contribution in [2.24, 2.45) is 0 Å². The van der Waals surface area contributed by atoms with Crippen LogP contribution < -0.4 is 0 Å². The molecule has 0 bridgehead atoms. The van der Waals surface area contributed by atoms with Crippen LogP contribution in [0.2, 0.25) is 0 Å². The molecule has 0 aliphatic carbocycles. The van der Waals surface area contributed by atoms with Gasteiger partial charge >= 0.3 is 14.2 Å². The van der Waals surface area contributed by atoms with Crippen molar-refractivity contribution in [2.45, 2.75) is 77.8 Å². The van der Waals surface area contributed by atoms with E-state index in [0.717, 1.165) is 22.2 Å². The number of hydrogen-bond acceptors (Lipinski definition) is 7. The number of benzene rings is 1. The van der Waals surface area contributed by atoms with Crippen molar-refractivity contribution in [1.29, 1.82) is 0 Å². The molecule has 9 heteroatoms. The Morgan fingerprint density at radius 3 is 1.29 bits per heavy atom. The highest BCUT2D eigenvalue weighted by molar-refractivity contribution is 7.00. The average molecular weight is 440 g/mol. The number of fused-ring (bicyclic) bond motifs is 1. The predicted molar refractivity (Wildman–Crippen MR) is 128 cm³/mol. The van der Waals surface area contributed by atoms with Gasteiger partial charge in [0.15, 0.2) is 0 Å². The van der Waals surface area contributed by atoms with Gasteiger partial charge in [0.2, 0.25) is 0 Å². The standard InChI is InChI=1S/C22H30B2N2O4S/c1-19(2)20(3,4)28-23(27-19)13-11-15-9-10-16(18-17(15)25-31-26-18)12-14-24-29-21(5,6)22(7,8)30-24/h9-14H,1-8H3. The van der Waals surface area contributed by atoms with Crippen molar-refractivity contribution in [3.8, 4) is 0 Å². The fraction of sp³-hybridized carbons (Fsp3) is 0.545. The Morgan fingerprint density at radius 2 is 0.968 bits per heavy atom. The molecule has 0 N–H and O–H groups in total. The Balaban J connectivity index is 1.53. The smallest absolute Gasteiger partial charge is 0.400 e. The molecule has 3 heterocycles. The summed E-state index contributed by atoms with van der Waals surface area (Å²) in [6.07, 6.45) is 3.99. The van der Waals surface area contributed by atoms with Gasteiger partial charge in [0.05, 0.1) is 34.1 Å². The average Bonchev–Trinajstić information content (AvgIpc) is 3.25. The molecule has 6 nitrogen and oxygen atoms in total. The molecule has 0 atom stereocenters. The van der Waals surface area contributed by atoms with Crippen molar-refractivity contribution < 1.29 is 18.6 Å². The third kappa shape index (κ3) is 4.14. The number of nitrogens with zero attached hydrogens (tertiary/aromatic N) is 2. The maximum atomic E-state index is 6.05. The van der Waals surface area contributed by atoms with Crippen LogP contribution in [0.3, 0.4) is 0 Å². The summed E-state index contributed by atoms with van der Waals surface area (Å²) in [7, 11) is -0.788. The first-order valence-electron chi connectivity index (χ1n) is 10.6. The summed E-state index contributed by atoms with van der Waals surface area (Å²) in [4.78, 5) is 0. The third-order valence-electron chi connectivity index (χ3n) is 6.89. The predicted octanol–water partition coefficient (Wildman–Crippen LogP) is 4.98. The molecule has 2 aliphatic rings. The first-order chi connectivity index (χ1) is 14.3. The van der Waals surface area contributed by atoms with E-state index in [1.165, 1.54) is 11.7 Å². The lowest BCUT2D eigenvalue weighted by molar-refractivity contribution is 0.00578. The molecule has 164 valence electrons. The van der Waals surface area contributed by atoms with Crippen LogP contribution in [0.25, 0.3) is 23.2 Å². The normalized spacial score (nSPS) is 24.3. The van der Waals surface area contributed by atoms with Crippen LogP contribution in [0.15, 0.2) is 24.1 Å². The molecule has 2 aliphatic heterocycles. The topological polar surface area (TPSA) is 62.7 Å². The van der Waals surface area contributed by atoms with E-state index in [1.807, 2.05) is 91.6 Å². The minimum atomic E-state index is -0.394. The fourth-order valence-corrected chi connectivity index (χ4v) is 4.06. The van der Waals surface area contributed by atoms with Crippen LogP contribution in [-0.2, 0) is 18.6 Å². The summed E-state index contributed by atoms with van der Waals surface area (Å²) in [6.45, 7) is 16.4. The molecule has 31 heavy (non-hydrogen) atoms. The van der Waals surface area contributed by atoms with E-state index in [9.17, 15) is 0 Å². The van der Waals surface area contributed by atoms with Crippen LogP contribution in [-0.4, -0.2) is 45.4 Å². The lowest BCUT2D eigenvalue weighted by Crippen LogP contribution is -2.41. The summed E-state index contributed by atoms with van der Waals surface area (Å²) in [6, 6.07) is 4.07. The van der Waals surface area contributed by atoms with Crippen molar-refractivity contribution >= 4 is 49.2 Å². The third-order valence-corrected chi connectivity index (χ3v) is 7.42. The van der Waals surface area contributed by atoms with Crippen LogP contribution in [0.4, 0.5) is 0 Å². The molecular weight excluding hydrogens is 410 g/mol. The monoisotopic (exact) mass is 440 g/mol. The van der Waals surface area contributed by atoms with Crippen LogP contribution in [0.5, 0.6) is 0 Å². The van der Waals surface area contributed by atoms with E-state index < -0.39 is 14.2 Å². The van der Waals surface area contributed by atoms with E-state index in [-0.39, 0.29) is 22.4 Å². The van der Waals surface area contributed by atoms with Crippen molar-refractivity contribution in [3.05, 3.63) is 35.2 Å². The number of aromatic nitrogens is 2. The Morgan fingerprint density at radius 1 is 0.645 bits per heavy atom. The molecular formula is C22H30B2N2O4S. The van der Waals surface area contributed by atoms with E-state index in [4.69, 9.17) is 18.6 Å². The molecule has 2 saturated heterocycles. The van der Waals surface area contributed by atoms with Crippen LogP contribution in [0, 0.1) is 0 Å². The van der Waals surface area contributed by atoms with Crippen LogP contribution >= 0.6 is 11.7 Å². The van der Waals surface area contributed by atoms with Crippen molar-refractivity contribution in [2.75, 3.05) is 0 Å². The van der Waals surface area contributed by atoms with Crippen molar-refractivity contribution in [1.82, 2.24) is 8.75 Å². The Labute approximate surface area is 189 Å². The second-order valence-electron chi connectivity index (χ2n) is 10.2. The fourth-order valence-electron chi connectivity index (χ4n) is 3.47. The number of hydrogen-bond donors (Lipinski definition) is 0. The van der Waals surface area contributed by atoms with E-state index in [0.29, 0.717) is 0 Å². The highest BCUT2D eigenvalue weighted by Crippen LogP contribution is 2.38. The first-order valence-corrected chi connectivity index (χ1v) is 11.4. The van der Waals surface area contributed by atoms with Gasteiger partial charge in [0, 0.05) is 11.1 Å². The molecule has 2 fully saturated rings. The van der Waals surface area contributed by atoms with Gasteiger partial charge in [-0.25, -0.2) is 0 Å². The summed E-state index contributed by atoms with van der Waals surface area (Å²) < 4.78 is 33.2. The Bertz CT molecular complexity index is 933. The molecule has 1 aromatic heterocycles. The minimum absolute atomic E-state index is 0.359. The second kappa shape index (κ2) is 7.52. The maximum absolute atomic E-state index is 6.05. The Hall–Kier alpha value is -1.51. The quantitative estimate of drug-likeness (QED) is 0.626. The zero-order valence-corrected chi connectivity index (χ0v) is 20.4. The zero-order valence-electron chi connectivity index (χ0n) is 19.6. The van der Waals surface area contributed by atoms with Gasteiger partial charge in [-0.2, -0.15) is 8.75 Å². The van der Waals surface area contributed by atoms with Gasteiger partial charge in [-0.3, -0.25) is 0 Å². The summed E-state index contributed by atoms with van der Waals surface area (Å²) in [5, 5.41) is 0. The maximum Gasteiger partial charge on any atom is 0.487 e. The summed E-state index contributed by atoms with van der Waals surface area (Å²) in [5.74, 6) is 3.87. The van der Waals surface area contributed by atoms with Crippen molar-refractivity contribution in [3.63, 3.8) is 0 Å². The largest absolute Gasteiger partial charge is 0.487 e. The lowest BCUT2D eigenvalue weighted by atomic mass is 9.88. The van der Waals surface area contributed by atoms with Gasteiger partial charge in [0.1, 0.15) is 11.0 Å². The minimum Gasteiger partial charge on any atom is -0.400 e. The Kier molecular flexibility index (Phi) is 5.50. The first kappa shape index (κ1) is 22.7. The molecule has 0 unspecified atom stereocenters. The molecule has 0 saturated carbocycles. The molecule has 2 aromatic rings. The molecule has 4 rings (SSSR count). The SMILES string of the molecule is CC1(C)OB(C=Cc2ccc(C=CB3OC(C)(C)C(C)(C)O3)c3nsnc23)OC1(C)C. The highest BCUT2D eigenvalue weighted by atomic mass is 32.1. The number of rotatable bonds is 4.